The second kappa shape index (κ2) is 10.7. The van der Waals surface area contributed by atoms with Crippen LogP contribution in [0.5, 0.6) is 0 Å². The summed E-state index contributed by atoms with van der Waals surface area (Å²) < 4.78 is 68.5. The molecule has 1 spiro atoms. The van der Waals surface area contributed by atoms with Crippen LogP contribution in [0.25, 0.3) is 0 Å². The molecule has 2 aliphatic rings. The molecule has 1 aliphatic heterocycles. The Balaban J connectivity index is 1.38. The molecule has 0 amide bonds. The van der Waals surface area contributed by atoms with E-state index >= 15 is 0 Å². The third kappa shape index (κ3) is 5.41. The van der Waals surface area contributed by atoms with E-state index in [4.69, 9.17) is 17.0 Å². The van der Waals surface area contributed by atoms with E-state index in [1.807, 2.05) is 9.80 Å². The molecule has 2 N–H and O–H groups in total. The van der Waals surface area contributed by atoms with Gasteiger partial charge in [0.25, 0.3) is 0 Å². The monoisotopic (exact) mass is 608 g/mol. The normalized spacial score (nSPS) is 17.2. The number of benzene rings is 2. The molecular formula is C26H27ClF2N6O3S2. The van der Waals surface area contributed by atoms with E-state index in [0.29, 0.717) is 25.6 Å². The van der Waals surface area contributed by atoms with Crippen LogP contribution in [0, 0.1) is 17.0 Å². The van der Waals surface area contributed by atoms with Crippen LogP contribution in [0.15, 0.2) is 58.6 Å². The van der Waals surface area contributed by atoms with Crippen LogP contribution in [-0.2, 0) is 20.8 Å². The zero-order chi connectivity index (χ0) is 28.8. The summed E-state index contributed by atoms with van der Waals surface area (Å²) in [5.74, 6) is -0.729. The van der Waals surface area contributed by atoms with Crippen molar-refractivity contribution in [3.8, 4) is 0 Å². The Morgan fingerprint density at radius 3 is 2.35 bits per heavy atom. The van der Waals surface area contributed by atoms with Gasteiger partial charge in [0.05, 0.1) is 49.2 Å². The summed E-state index contributed by atoms with van der Waals surface area (Å²) >= 11 is 6.45. The zero-order valence-corrected chi connectivity index (χ0v) is 24.1. The maximum absolute atomic E-state index is 14.4. The van der Waals surface area contributed by atoms with Crippen molar-refractivity contribution in [2.45, 2.75) is 47.3 Å². The van der Waals surface area contributed by atoms with E-state index in [1.165, 1.54) is 24.3 Å². The van der Waals surface area contributed by atoms with Crippen molar-refractivity contribution < 1.29 is 21.4 Å². The number of aromatic nitrogens is 2. The van der Waals surface area contributed by atoms with E-state index in [0.717, 1.165) is 37.4 Å². The molecule has 14 heteroatoms. The fraction of sp³-hybridized carbons (Fsp3) is 0.346. The van der Waals surface area contributed by atoms with E-state index in [1.54, 1.807) is 13.8 Å². The van der Waals surface area contributed by atoms with Gasteiger partial charge in [0.1, 0.15) is 22.6 Å². The number of anilines is 2. The van der Waals surface area contributed by atoms with Crippen molar-refractivity contribution in [2.75, 3.05) is 29.3 Å². The highest BCUT2D eigenvalue weighted by atomic mass is 35.5. The molecule has 1 atom stereocenters. The summed E-state index contributed by atoms with van der Waals surface area (Å²) in [5.41, 5.74) is -0.112. The Morgan fingerprint density at radius 1 is 1.10 bits per heavy atom. The summed E-state index contributed by atoms with van der Waals surface area (Å²) in [6.07, 6.45) is 3.82. The maximum Gasteiger partial charge on any atom is 0.225 e. The Morgan fingerprint density at radius 2 is 1.75 bits per heavy atom. The second-order valence-corrected chi connectivity index (χ2v) is 14.2. The minimum absolute atomic E-state index is 0.0111. The van der Waals surface area contributed by atoms with Gasteiger partial charge in [-0.05, 0) is 63.1 Å². The molecule has 1 unspecified atom stereocenters. The van der Waals surface area contributed by atoms with Gasteiger partial charge in [0.15, 0.2) is 15.7 Å². The van der Waals surface area contributed by atoms with E-state index in [-0.39, 0.29) is 37.4 Å². The largest absolute Gasteiger partial charge is 0.347 e. The second-order valence-electron chi connectivity index (χ2n) is 10.1. The topological polar surface area (TPSA) is 119 Å². The van der Waals surface area contributed by atoms with Gasteiger partial charge in [-0.1, -0.05) is 11.6 Å². The average Bonchev–Trinajstić information content (AvgIpc) is 3.67. The quantitative estimate of drug-likeness (QED) is 0.301. The fourth-order valence-corrected chi connectivity index (χ4v) is 6.97. The van der Waals surface area contributed by atoms with Crippen molar-refractivity contribution in [2.24, 2.45) is 0 Å². The average molecular weight is 609 g/mol. The third-order valence-corrected chi connectivity index (χ3v) is 10.7. The molecule has 1 aromatic heterocycles. The van der Waals surface area contributed by atoms with Crippen molar-refractivity contribution >= 4 is 49.9 Å². The smallest absolute Gasteiger partial charge is 0.225 e. The highest BCUT2D eigenvalue weighted by Gasteiger charge is 2.53. The number of nitrogens with one attached hydrogen (secondary N) is 2. The van der Waals surface area contributed by atoms with Crippen LogP contribution in [0.1, 0.15) is 32.3 Å². The number of hydrogen-bond acceptors (Lipinski definition) is 7. The van der Waals surface area contributed by atoms with Crippen LogP contribution >= 0.6 is 11.6 Å². The highest BCUT2D eigenvalue weighted by molar-refractivity contribution is 7.92. The van der Waals surface area contributed by atoms with Gasteiger partial charge >= 0.3 is 0 Å². The number of amidine groups is 1. The van der Waals surface area contributed by atoms with E-state index < -0.39 is 37.7 Å². The minimum atomic E-state index is -3.50. The number of nitrogens with zero attached hydrogens (tertiary/aromatic N) is 4. The molecule has 1 aliphatic carbocycles. The molecule has 2 fully saturated rings. The first-order chi connectivity index (χ1) is 18.9. The summed E-state index contributed by atoms with van der Waals surface area (Å²) in [4.78, 5) is 12.4. The Kier molecular flexibility index (Phi) is 7.57. The predicted molar refractivity (Wildman–Crippen MR) is 150 cm³/mol. The van der Waals surface area contributed by atoms with Crippen LogP contribution in [0.3, 0.4) is 0 Å². The van der Waals surface area contributed by atoms with E-state index in [9.17, 15) is 21.4 Å². The van der Waals surface area contributed by atoms with Gasteiger partial charge in [-0.25, -0.2) is 31.4 Å². The van der Waals surface area contributed by atoms with E-state index in [2.05, 4.69) is 14.7 Å². The standard InChI is InChI=1S/C26H27ClF2N6O3S2/c1-16(2)40(37,38)20-5-3-19(4-6-20)39(36)33-22-12-17(28)11-21(27)23(22)24(30)35-10-9-34(15-26(35)7-8-26)25-31-13-18(29)14-32-25/h3-6,11-14,16,30,33H,7-10,15H2,1-2H3. The molecule has 212 valence electrons. The third-order valence-electron chi connectivity index (χ3n) is 7.12. The molecule has 40 heavy (non-hydrogen) atoms. The first kappa shape index (κ1) is 28.4. The summed E-state index contributed by atoms with van der Waals surface area (Å²) in [7, 11) is -5.40. The van der Waals surface area contributed by atoms with Crippen molar-refractivity contribution in [3.05, 3.63) is 71.0 Å². The maximum atomic E-state index is 14.4. The summed E-state index contributed by atoms with van der Waals surface area (Å²) in [6.45, 7) is 4.56. The van der Waals surface area contributed by atoms with Crippen LogP contribution in [0.4, 0.5) is 20.4 Å². The number of sulfone groups is 1. The fourth-order valence-electron chi connectivity index (χ4n) is 4.75. The van der Waals surface area contributed by atoms with Crippen molar-refractivity contribution in [3.63, 3.8) is 0 Å². The minimum Gasteiger partial charge on any atom is -0.347 e. The number of rotatable bonds is 7. The lowest BCUT2D eigenvalue weighted by Crippen LogP contribution is -2.57. The molecule has 0 bridgehead atoms. The van der Waals surface area contributed by atoms with Crippen LogP contribution < -0.4 is 9.62 Å². The first-order valence-corrected chi connectivity index (χ1v) is 15.6. The molecule has 3 aromatic rings. The number of halogens is 3. The SMILES string of the molecule is CC(C)S(=O)(=O)c1ccc(S(=O)Nc2cc(F)cc(Cl)c2C(=N)N2CCN(c3ncc(F)cn3)CC23CC3)cc1. The lowest BCUT2D eigenvalue weighted by atomic mass is 10.1. The molecular weight excluding hydrogens is 582 g/mol. The molecule has 1 saturated heterocycles. The summed E-state index contributed by atoms with van der Waals surface area (Å²) in [6, 6.07) is 7.86. The van der Waals surface area contributed by atoms with Gasteiger partial charge in [-0.2, -0.15) is 0 Å². The summed E-state index contributed by atoms with van der Waals surface area (Å²) in [5, 5.41) is 8.45. The van der Waals surface area contributed by atoms with Gasteiger partial charge < -0.3 is 14.5 Å². The highest BCUT2D eigenvalue weighted by Crippen LogP contribution is 2.46. The Hall–Kier alpha value is -3.16. The molecule has 2 heterocycles. The predicted octanol–water partition coefficient (Wildman–Crippen LogP) is 4.41. The molecule has 0 radical (unpaired) electrons. The Bertz CT molecular complexity index is 1580. The van der Waals surface area contributed by atoms with Crippen molar-refractivity contribution in [1.29, 1.82) is 5.41 Å². The van der Waals surface area contributed by atoms with Gasteiger partial charge in [0.2, 0.25) is 5.95 Å². The van der Waals surface area contributed by atoms with Gasteiger partial charge in [0, 0.05) is 19.6 Å². The Labute approximate surface area is 238 Å². The van der Waals surface area contributed by atoms with Crippen molar-refractivity contribution in [1.82, 2.24) is 14.9 Å². The molecule has 1 saturated carbocycles. The first-order valence-electron chi connectivity index (χ1n) is 12.5. The molecule has 5 rings (SSSR count). The number of piperazine rings is 1. The van der Waals surface area contributed by atoms with Gasteiger partial charge in [-0.15, -0.1) is 0 Å². The molecule has 2 aromatic carbocycles. The van der Waals surface area contributed by atoms with Crippen LogP contribution in [0.2, 0.25) is 5.02 Å². The number of hydrogen-bond donors (Lipinski definition) is 2. The zero-order valence-electron chi connectivity index (χ0n) is 21.7. The van der Waals surface area contributed by atoms with Crippen LogP contribution in [-0.4, -0.2) is 63.8 Å². The lowest BCUT2D eigenvalue weighted by molar-refractivity contribution is 0.257. The molecule has 9 nitrogen and oxygen atoms in total. The lowest BCUT2D eigenvalue weighted by Gasteiger charge is -2.43. The van der Waals surface area contributed by atoms with Gasteiger partial charge in [-0.3, -0.25) is 5.41 Å².